The Morgan fingerprint density at radius 2 is 1.90 bits per heavy atom. The van der Waals surface area contributed by atoms with E-state index in [-0.39, 0.29) is 17.6 Å². The van der Waals surface area contributed by atoms with Gasteiger partial charge in [0.25, 0.3) is 5.91 Å². The molecular weight excluding hydrogens is 387 g/mol. The average molecular weight is 416 g/mol. The third-order valence-corrected chi connectivity index (χ3v) is 6.01. The molecule has 3 N–H and O–H groups in total. The number of H-pyrrole nitrogens is 1. The first-order valence-corrected chi connectivity index (χ1v) is 10.4. The Bertz CT molecular complexity index is 1010. The lowest BCUT2D eigenvalue weighted by molar-refractivity contribution is 0.0284. The average Bonchev–Trinajstić information content (AvgIpc) is 3.21. The summed E-state index contributed by atoms with van der Waals surface area (Å²) in [6, 6.07) is 3.08. The number of anilines is 1. The summed E-state index contributed by atoms with van der Waals surface area (Å²) in [5.74, 6) is -0.479. The van der Waals surface area contributed by atoms with E-state index in [2.05, 4.69) is 4.98 Å². The molecule has 0 aliphatic carbocycles. The number of carbonyl (C=O) groups excluding carboxylic acids is 2. The molecule has 162 valence electrons. The number of nitrogens with zero attached hydrogens (tertiary/aromatic N) is 2. The molecule has 2 saturated heterocycles. The molecule has 2 amide bonds. The number of aromatic nitrogens is 1. The van der Waals surface area contributed by atoms with E-state index in [1.165, 1.54) is 6.07 Å². The minimum atomic E-state index is -0.658. The van der Waals surface area contributed by atoms with Crippen LogP contribution in [0.25, 0.3) is 10.9 Å². The second-order valence-electron chi connectivity index (χ2n) is 9.50. The number of piperidine rings is 1. The minimum absolute atomic E-state index is 0.159. The SMILES string of the molecule is Cc1cc2c(N3CC[C@@H]4CN(C(=O)OC(C)(C)C)C[C@H]4C3)c(F)cc(C(N)=O)c2[nH]1. The number of rotatable bonds is 2. The van der Waals surface area contributed by atoms with Crippen molar-refractivity contribution in [1.82, 2.24) is 9.88 Å². The fraction of sp³-hybridized carbons (Fsp3) is 0.545. The number of aryl methyl sites for hydroxylation is 1. The van der Waals surface area contributed by atoms with Gasteiger partial charge in [0.2, 0.25) is 0 Å². The predicted octanol–water partition coefficient (Wildman–Crippen LogP) is 3.41. The van der Waals surface area contributed by atoms with E-state index in [1.54, 1.807) is 4.90 Å². The van der Waals surface area contributed by atoms with E-state index in [4.69, 9.17) is 10.5 Å². The summed E-state index contributed by atoms with van der Waals surface area (Å²) < 4.78 is 20.6. The van der Waals surface area contributed by atoms with Gasteiger partial charge in [-0.15, -0.1) is 0 Å². The number of fused-ring (bicyclic) bond motifs is 2. The van der Waals surface area contributed by atoms with Crippen molar-refractivity contribution in [3.05, 3.63) is 29.2 Å². The zero-order valence-corrected chi connectivity index (χ0v) is 17.9. The lowest BCUT2D eigenvalue weighted by atomic mass is 9.88. The Balaban J connectivity index is 1.59. The molecule has 3 heterocycles. The van der Waals surface area contributed by atoms with E-state index in [0.29, 0.717) is 48.7 Å². The van der Waals surface area contributed by atoms with Gasteiger partial charge in [-0.25, -0.2) is 9.18 Å². The largest absolute Gasteiger partial charge is 0.444 e. The topological polar surface area (TPSA) is 91.7 Å². The number of carbonyl (C=O) groups is 2. The fourth-order valence-corrected chi connectivity index (χ4v) is 4.75. The Morgan fingerprint density at radius 1 is 1.20 bits per heavy atom. The molecule has 0 radical (unpaired) electrons. The number of hydrogen-bond donors (Lipinski definition) is 2. The summed E-state index contributed by atoms with van der Waals surface area (Å²) in [6.45, 7) is 10.1. The number of primary amides is 1. The molecule has 2 aliphatic heterocycles. The van der Waals surface area contributed by atoms with Gasteiger partial charge >= 0.3 is 6.09 Å². The van der Waals surface area contributed by atoms with Gasteiger partial charge in [-0.1, -0.05) is 0 Å². The van der Waals surface area contributed by atoms with Crippen LogP contribution in [0.2, 0.25) is 0 Å². The second-order valence-corrected chi connectivity index (χ2v) is 9.50. The Hall–Kier alpha value is -2.77. The number of halogens is 1. The van der Waals surface area contributed by atoms with Crippen LogP contribution in [0.1, 0.15) is 43.2 Å². The summed E-state index contributed by atoms with van der Waals surface area (Å²) >= 11 is 0. The number of aromatic amines is 1. The van der Waals surface area contributed by atoms with Crippen LogP contribution in [0.5, 0.6) is 0 Å². The third-order valence-electron chi connectivity index (χ3n) is 6.01. The number of ether oxygens (including phenoxy) is 1. The summed E-state index contributed by atoms with van der Waals surface area (Å²) in [5.41, 5.74) is 6.99. The number of benzene rings is 1. The zero-order chi connectivity index (χ0) is 21.8. The maximum atomic E-state index is 15.1. The van der Waals surface area contributed by atoms with E-state index in [0.717, 1.165) is 12.1 Å². The monoisotopic (exact) mass is 416 g/mol. The first kappa shape index (κ1) is 20.5. The molecule has 0 saturated carbocycles. The van der Waals surface area contributed by atoms with Crippen LogP contribution < -0.4 is 10.6 Å². The van der Waals surface area contributed by atoms with Crippen molar-refractivity contribution < 1.29 is 18.7 Å². The molecule has 7 nitrogen and oxygen atoms in total. The number of likely N-dealkylation sites (tertiary alicyclic amines) is 1. The van der Waals surface area contributed by atoms with Crippen molar-refractivity contribution in [3.63, 3.8) is 0 Å². The van der Waals surface area contributed by atoms with Crippen LogP contribution in [-0.2, 0) is 4.74 Å². The molecule has 1 aromatic carbocycles. The van der Waals surface area contributed by atoms with Gasteiger partial charge in [0.1, 0.15) is 11.4 Å². The molecule has 4 rings (SSSR count). The molecule has 0 bridgehead atoms. The molecule has 2 fully saturated rings. The summed E-state index contributed by atoms with van der Waals surface area (Å²) in [5, 5.41) is 0.668. The molecule has 0 spiro atoms. The molecule has 2 aromatic rings. The molecule has 2 aliphatic rings. The highest BCUT2D eigenvalue weighted by molar-refractivity contribution is 6.09. The van der Waals surface area contributed by atoms with E-state index in [9.17, 15) is 9.59 Å². The number of nitrogens with two attached hydrogens (primary N) is 1. The number of nitrogens with one attached hydrogen (secondary N) is 1. The van der Waals surface area contributed by atoms with Crippen molar-refractivity contribution >= 4 is 28.6 Å². The molecule has 30 heavy (non-hydrogen) atoms. The number of amides is 2. The third kappa shape index (κ3) is 3.70. The molecular formula is C22H29FN4O3. The second kappa shape index (κ2) is 7.18. The highest BCUT2D eigenvalue weighted by atomic mass is 19.1. The molecule has 0 unspecified atom stereocenters. The van der Waals surface area contributed by atoms with Crippen molar-refractivity contribution in [2.75, 3.05) is 31.1 Å². The Morgan fingerprint density at radius 3 is 2.57 bits per heavy atom. The van der Waals surface area contributed by atoms with Crippen LogP contribution in [0, 0.1) is 24.6 Å². The van der Waals surface area contributed by atoms with Crippen molar-refractivity contribution in [1.29, 1.82) is 0 Å². The van der Waals surface area contributed by atoms with Crippen molar-refractivity contribution in [2.45, 2.75) is 39.7 Å². The highest BCUT2D eigenvalue weighted by Gasteiger charge is 2.41. The van der Waals surface area contributed by atoms with E-state index >= 15 is 4.39 Å². The fourth-order valence-electron chi connectivity index (χ4n) is 4.75. The lowest BCUT2D eigenvalue weighted by Gasteiger charge is -2.36. The van der Waals surface area contributed by atoms with E-state index < -0.39 is 17.3 Å². The maximum Gasteiger partial charge on any atom is 0.410 e. The Labute approximate surface area is 175 Å². The normalized spacial score (nSPS) is 21.8. The lowest BCUT2D eigenvalue weighted by Crippen LogP contribution is -2.40. The summed E-state index contributed by atoms with van der Waals surface area (Å²) in [7, 11) is 0. The zero-order valence-electron chi connectivity index (χ0n) is 17.9. The van der Waals surface area contributed by atoms with Gasteiger partial charge < -0.3 is 25.3 Å². The Kier molecular flexibility index (Phi) is 4.91. The summed E-state index contributed by atoms with van der Waals surface area (Å²) in [4.78, 5) is 31.2. The van der Waals surface area contributed by atoms with Crippen LogP contribution in [0.3, 0.4) is 0 Å². The van der Waals surface area contributed by atoms with Gasteiger partial charge in [0.15, 0.2) is 0 Å². The standard InChI is InChI=1S/C22H29FN4O3/c1-12-7-15-18(25-12)16(20(24)28)8-17(23)19(15)26-6-5-13-9-27(11-14(13)10-26)21(29)30-22(2,3)4/h7-8,13-14,25H,5-6,9-11H2,1-4H3,(H2,24,28)/t13-,14-/m1/s1. The molecule has 1 aromatic heterocycles. The smallest absolute Gasteiger partial charge is 0.410 e. The molecule has 8 heteroatoms. The quantitative estimate of drug-likeness (QED) is 0.785. The van der Waals surface area contributed by atoms with E-state index in [1.807, 2.05) is 38.7 Å². The van der Waals surface area contributed by atoms with Crippen LogP contribution in [0.4, 0.5) is 14.9 Å². The van der Waals surface area contributed by atoms with Crippen molar-refractivity contribution in [2.24, 2.45) is 17.6 Å². The molecule has 2 atom stereocenters. The summed E-state index contributed by atoms with van der Waals surface area (Å²) in [6.07, 6.45) is 0.579. The predicted molar refractivity (Wildman–Crippen MR) is 113 cm³/mol. The minimum Gasteiger partial charge on any atom is -0.444 e. The van der Waals surface area contributed by atoms with Crippen LogP contribution >= 0.6 is 0 Å². The van der Waals surface area contributed by atoms with Crippen molar-refractivity contribution in [3.8, 4) is 0 Å². The van der Waals surface area contributed by atoms with Crippen LogP contribution in [-0.4, -0.2) is 53.7 Å². The van der Waals surface area contributed by atoms with Gasteiger partial charge in [-0.3, -0.25) is 4.79 Å². The van der Waals surface area contributed by atoms with Gasteiger partial charge in [0.05, 0.1) is 16.8 Å². The first-order valence-electron chi connectivity index (χ1n) is 10.4. The maximum absolute atomic E-state index is 15.1. The first-order chi connectivity index (χ1) is 14.0. The van der Waals surface area contributed by atoms with Crippen LogP contribution in [0.15, 0.2) is 12.1 Å². The number of hydrogen-bond acceptors (Lipinski definition) is 4. The van der Waals surface area contributed by atoms with Gasteiger partial charge in [-0.2, -0.15) is 0 Å². The van der Waals surface area contributed by atoms with Gasteiger partial charge in [-0.05, 0) is 58.1 Å². The highest BCUT2D eigenvalue weighted by Crippen LogP contribution is 2.39. The van der Waals surface area contributed by atoms with Gasteiger partial charge in [0, 0.05) is 37.3 Å².